The largest absolute Gasteiger partial charge is 0.464 e. The fourth-order valence-corrected chi connectivity index (χ4v) is 0.751. The van der Waals surface area contributed by atoms with E-state index < -0.39 is 18.1 Å². The number of esters is 1. The first kappa shape index (κ1) is 13.4. The van der Waals surface area contributed by atoms with E-state index >= 15 is 0 Å². The van der Waals surface area contributed by atoms with Gasteiger partial charge < -0.3 is 15.6 Å². The van der Waals surface area contributed by atoms with Gasteiger partial charge >= 0.3 is 5.97 Å². The third kappa shape index (κ3) is 5.94. The molecular weight excluding hydrogens is 182 g/mol. The van der Waals surface area contributed by atoms with Crippen molar-refractivity contribution >= 4 is 5.97 Å². The average molecular weight is 203 g/mol. The molecule has 0 spiro atoms. The quantitative estimate of drug-likeness (QED) is 0.659. The van der Waals surface area contributed by atoms with Gasteiger partial charge in [0, 0.05) is 0 Å². The number of aliphatic hydroxyl groups is 1. The number of nitrogens with two attached hydrogens (primary N) is 1. The van der Waals surface area contributed by atoms with Crippen LogP contribution in [0.3, 0.4) is 0 Å². The molecule has 2 atom stereocenters. The number of aliphatic hydroxyl groups excluding tert-OH is 1. The summed E-state index contributed by atoms with van der Waals surface area (Å²) in [5, 5.41) is 9.02. The molecule has 0 aromatic carbocycles. The maximum absolute atomic E-state index is 11.2. The van der Waals surface area contributed by atoms with Gasteiger partial charge in [-0.1, -0.05) is 20.8 Å². The fraction of sp³-hybridized carbons (Fsp3) is 0.900. The molecule has 0 saturated heterocycles. The lowest BCUT2D eigenvalue weighted by Gasteiger charge is -2.19. The van der Waals surface area contributed by atoms with Crippen LogP contribution in [0.5, 0.6) is 0 Å². The maximum Gasteiger partial charge on any atom is 0.325 e. The minimum Gasteiger partial charge on any atom is -0.464 e. The van der Waals surface area contributed by atoms with E-state index in [1.54, 1.807) is 0 Å². The Labute approximate surface area is 85.4 Å². The van der Waals surface area contributed by atoms with Gasteiger partial charge in [0.1, 0.15) is 6.04 Å². The summed E-state index contributed by atoms with van der Waals surface area (Å²) in [7, 11) is 0. The Morgan fingerprint density at radius 3 is 2.36 bits per heavy atom. The molecule has 4 nitrogen and oxygen atoms in total. The summed E-state index contributed by atoms with van der Waals surface area (Å²) in [6, 6.07) is -0.935. The van der Waals surface area contributed by atoms with Crippen LogP contribution in [0.1, 0.15) is 34.1 Å². The summed E-state index contributed by atoms with van der Waals surface area (Å²) in [4.78, 5) is 11.2. The van der Waals surface area contributed by atoms with Crippen LogP contribution in [0.4, 0.5) is 0 Å². The summed E-state index contributed by atoms with van der Waals surface area (Å²) < 4.78 is 4.92. The van der Waals surface area contributed by atoms with Gasteiger partial charge in [-0.3, -0.25) is 4.79 Å². The van der Waals surface area contributed by atoms with Crippen LogP contribution in [0.2, 0.25) is 0 Å². The molecule has 0 aromatic rings. The molecule has 0 amide bonds. The van der Waals surface area contributed by atoms with Gasteiger partial charge in [-0.15, -0.1) is 0 Å². The normalized spacial score (nSPS) is 16.1. The van der Waals surface area contributed by atoms with Gasteiger partial charge in [0.2, 0.25) is 0 Å². The Kier molecular flexibility index (Phi) is 5.08. The SMILES string of the molecule is CC(O)C(N)C(=O)OCCC(C)(C)C. The van der Waals surface area contributed by atoms with Crippen LogP contribution < -0.4 is 5.73 Å². The van der Waals surface area contributed by atoms with E-state index in [9.17, 15) is 4.79 Å². The molecule has 14 heavy (non-hydrogen) atoms. The van der Waals surface area contributed by atoms with E-state index in [2.05, 4.69) is 20.8 Å². The Balaban J connectivity index is 3.75. The first-order valence-corrected chi connectivity index (χ1v) is 4.84. The van der Waals surface area contributed by atoms with Crippen molar-refractivity contribution in [1.29, 1.82) is 0 Å². The van der Waals surface area contributed by atoms with Gasteiger partial charge in [-0.2, -0.15) is 0 Å². The molecule has 0 aromatic heterocycles. The molecule has 3 N–H and O–H groups in total. The number of carbonyl (C=O) groups excluding carboxylic acids is 1. The Hall–Kier alpha value is -0.610. The highest BCUT2D eigenvalue weighted by Gasteiger charge is 2.20. The number of carbonyl (C=O) groups is 1. The van der Waals surface area contributed by atoms with E-state index in [0.717, 1.165) is 6.42 Å². The minimum atomic E-state index is -0.935. The highest BCUT2D eigenvalue weighted by Crippen LogP contribution is 2.17. The second kappa shape index (κ2) is 5.32. The highest BCUT2D eigenvalue weighted by atomic mass is 16.5. The molecule has 4 heteroatoms. The number of rotatable bonds is 4. The van der Waals surface area contributed by atoms with Crippen molar-refractivity contribution in [2.75, 3.05) is 6.61 Å². The molecular formula is C10H21NO3. The van der Waals surface area contributed by atoms with Gasteiger partial charge in [-0.25, -0.2) is 0 Å². The van der Waals surface area contributed by atoms with Gasteiger partial charge in [0.15, 0.2) is 0 Å². The minimum absolute atomic E-state index is 0.134. The number of hydrogen-bond donors (Lipinski definition) is 2. The molecule has 0 aliphatic heterocycles. The Morgan fingerprint density at radius 2 is 2.00 bits per heavy atom. The van der Waals surface area contributed by atoms with Crippen molar-refractivity contribution in [2.24, 2.45) is 11.1 Å². The zero-order valence-corrected chi connectivity index (χ0v) is 9.41. The molecule has 0 heterocycles. The van der Waals surface area contributed by atoms with Crippen molar-refractivity contribution < 1.29 is 14.6 Å². The van der Waals surface area contributed by atoms with Crippen molar-refractivity contribution in [1.82, 2.24) is 0 Å². The van der Waals surface area contributed by atoms with Gasteiger partial charge in [0.05, 0.1) is 12.7 Å². The molecule has 0 aliphatic carbocycles. The maximum atomic E-state index is 11.2. The zero-order chi connectivity index (χ0) is 11.4. The van der Waals surface area contributed by atoms with Crippen molar-refractivity contribution in [3.63, 3.8) is 0 Å². The van der Waals surface area contributed by atoms with E-state index in [1.165, 1.54) is 6.92 Å². The summed E-state index contributed by atoms with van der Waals surface area (Å²) in [6.07, 6.45) is -0.0808. The molecule has 84 valence electrons. The monoisotopic (exact) mass is 203 g/mol. The molecule has 0 rings (SSSR count). The van der Waals surface area contributed by atoms with Crippen molar-refractivity contribution in [3.8, 4) is 0 Å². The van der Waals surface area contributed by atoms with Crippen molar-refractivity contribution in [3.05, 3.63) is 0 Å². The standard InChI is InChI=1S/C10H21NO3/c1-7(12)8(11)9(13)14-6-5-10(2,3)4/h7-8,12H,5-6,11H2,1-4H3. The Bertz CT molecular complexity index is 184. The van der Waals surface area contributed by atoms with E-state index in [1.807, 2.05) is 0 Å². The Morgan fingerprint density at radius 1 is 1.50 bits per heavy atom. The predicted molar refractivity (Wildman–Crippen MR) is 54.7 cm³/mol. The smallest absolute Gasteiger partial charge is 0.325 e. The summed E-state index contributed by atoms with van der Waals surface area (Å²) in [5.74, 6) is -0.538. The molecule has 0 radical (unpaired) electrons. The second-order valence-electron chi connectivity index (χ2n) is 4.74. The van der Waals surface area contributed by atoms with Crippen LogP contribution >= 0.6 is 0 Å². The fourth-order valence-electron chi connectivity index (χ4n) is 0.751. The molecule has 0 fully saturated rings. The van der Waals surface area contributed by atoms with Crippen LogP contribution in [0.15, 0.2) is 0 Å². The van der Waals surface area contributed by atoms with Crippen molar-refractivity contribution in [2.45, 2.75) is 46.3 Å². The summed E-state index contributed by atoms with van der Waals surface area (Å²) in [5.41, 5.74) is 5.52. The zero-order valence-electron chi connectivity index (χ0n) is 9.41. The lowest BCUT2D eigenvalue weighted by atomic mass is 9.93. The van der Waals surface area contributed by atoms with Crippen LogP contribution in [-0.2, 0) is 9.53 Å². The van der Waals surface area contributed by atoms with Crippen LogP contribution in [0, 0.1) is 5.41 Å². The predicted octanol–water partition coefficient (Wildman–Crippen LogP) is 0.674. The van der Waals surface area contributed by atoms with E-state index in [-0.39, 0.29) is 5.41 Å². The third-order valence-corrected chi connectivity index (χ3v) is 1.89. The molecule has 2 unspecified atom stereocenters. The van der Waals surface area contributed by atoms with Crippen LogP contribution in [0.25, 0.3) is 0 Å². The first-order valence-electron chi connectivity index (χ1n) is 4.84. The average Bonchev–Trinajstić information content (AvgIpc) is 2.00. The van der Waals surface area contributed by atoms with E-state index in [4.69, 9.17) is 15.6 Å². The number of hydrogen-bond acceptors (Lipinski definition) is 4. The summed E-state index contributed by atoms with van der Waals surface area (Å²) in [6.45, 7) is 8.01. The second-order valence-corrected chi connectivity index (χ2v) is 4.74. The lowest BCUT2D eigenvalue weighted by Crippen LogP contribution is -2.41. The lowest BCUT2D eigenvalue weighted by molar-refractivity contribution is -0.148. The van der Waals surface area contributed by atoms with Gasteiger partial charge in [-0.05, 0) is 18.8 Å². The van der Waals surface area contributed by atoms with Gasteiger partial charge in [0.25, 0.3) is 0 Å². The molecule has 0 aliphatic rings. The van der Waals surface area contributed by atoms with E-state index in [0.29, 0.717) is 6.61 Å². The molecule has 0 bridgehead atoms. The summed E-state index contributed by atoms with van der Waals surface area (Å²) >= 11 is 0. The highest BCUT2D eigenvalue weighted by molar-refractivity contribution is 5.76. The van der Waals surface area contributed by atoms with Crippen LogP contribution in [-0.4, -0.2) is 29.8 Å². The molecule has 0 saturated carbocycles. The topological polar surface area (TPSA) is 72.5 Å². The first-order chi connectivity index (χ1) is 6.24. The number of ether oxygens (including phenoxy) is 1. The third-order valence-electron chi connectivity index (χ3n) is 1.89.